The Morgan fingerprint density at radius 2 is 1.87 bits per heavy atom. The molecule has 2 aromatic rings. The second-order valence-electron chi connectivity index (χ2n) is 6.33. The summed E-state index contributed by atoms with van der Waals surface area (Å²) in [6, 6.07) is 12.2. The van der Waals surface area contributed by atoms with Crippen LogP contribution < -0.4 is 15.6 Å². The van der Waals surface area contributed by atoms with Crippen molar-refractivity contribution in [2.45, 2.75) is 6.42 Å². The smallest absolute Gasteiger partial charge is 0.269 e. The number of hydrazine groups is 1. The van der Waals surface area contributed by atoms with Crippen LogP contribution in [-0.2, 0) is 9.59 Å². The third-order valence-electron chi connectivity index (χ3n) is 4.28. The zero-order chi connectivity index (χ0) is 22.4. The van der Waals surface area contributed by atoms with Gasteiger partial charge in [0.15, 0.2) is 0 Å². The molecule has 0 aliphatic carbocycles. The highest BCUT2D eigenvalue weighted by Gasteiger charge is 2.32. The highest BCUT2D eigenvalue weighted by molar-refractivity contribution is 8.26. The first-order valence-electron chi connectivity index (χ1n) is 9.12. The lowest BCUT2D eigenvalue weighted by molar-refractivity contribution is -0.124. The summed E-state index contributed by atoms with van der Waals surface area (Å²) < 4.78 is 18.5. The molecule has 160 valence electrons. The molecule has 10 heteroatoms. The van der Waals surface area contributed by atoms with Crippen molar-refractivity contribution < 1.29 is 23.5 Å². The van der Waals surface area contributed by atoms with Crippen molar-refractivity contribution in [2.75, 3.05) is 13.7 Å². The molecule has 3 rings (SSSR count). The molecule has 3 amide bonds. The molecular weight excluding hydrogens is 441 g/mol. The zero-order valence-electron chi connectivity index (χ0n) is 16.4. The number of thioether (sulfide) groups is 1. The molecule has 7 nitrogen and oxygen atoms in total. The Morgan fingerprint density at radius 1 is 1.16 bits per heavy atom. The number of carbonyl (C=O) groups excluding carboxylic acids is 3. The number of methoxy groups -OCH3 is 1. The zero-order valence-corrected chi connectivity index (χ0v) is 18.0. The molecule has 1 heterocycles. The third kappa shape index (κ3) is 5.68. The van der Waals surface area contributed by atoms with Gasteiger partial charge in [0.2, 0.25) is 5.91 Å². The van der Waals surface area contributed by atoms with Gasteiger partial charge in [-0.25, -0.2) is 4.39 Å². The van der Waals surface area contributed by atoms with Gasteiger partial charge in [0, 0.05) is 24.1 Å². The molecule has 0 bridgehead atoms. The number of rotatable bonds is 6. The van der Waals surface area contributed by atoms with Crippen LogP contribution in [0, 0.1) is 5.82 Å². The average molecular weight is 460 g/mol. The van der Waals surface area contributed by atoms with Gasteiger partial charge < -0.3 is 4.74 Å². The molecule has 2 aromatic carbocycles. The maximum atomic E-state index is 12.9. The van der Waals surface area contributed by atoms with Crippen LogP contribution in [-0.4, -0.2) is 40.6 Å². The highest BCUT2D eigenvalue weighted by atomic mass is 32.2. The monoisotopic (exact) mass is 459 g/mol. The van der Waals surface area contributed by atoms with Crippen LogP contribution in [0.5, 0.6) is 5.75 Å². The van der Waals surface area contributed by atoms with Crippen molar-refractivity contribution in [1.82, 2.24) is 15.8 Å². The predicted octanol–water partition coefficient (Wildman–Crippen LogP) is 2.89. The van der Waals surface area contributed by atoms with Gasteiger partial charge in [0.05, 0.1) is 12.0 Å². The van der Waals surface area contributed by atoms with Crippen LogP contribution in [0.25, 0.3) is 6.08 Å². The lowest BCUT2D eigenvalue weighted by atomic mass is 10.2. The quantitative estimate of drug-likeness (QED) is 0.392. The number of thiocarbonyl (C=S) groups is 1. The van der Waals surface area contributed by atoms with E-state index >= 15 is 0 Å². The first-order valence-corrected chi connectivity index (χ1v) is 10.3. The summed E-state index contributed by atoms with van der Waals surface area (Å²) >= 11 is 6.41. The fraction of sp³-hybridized carbons (Fsp3) is 0.143. The van der Waals surface area contributed by atoms with E-state index in [1.54, 1.807) is 19.3 Å². The largest absolute Gasteiger partial charge is 0.496 e. The van der Waals surface area contributed by atoms with Gasteiger partial charge >= 0.3 is 0 Å². The Labute approximate surface area is 187 Å². The number of amides is 3. The topological polar surface area (TPSA) is 87.7 Å². The van der Waals surface area contributed by atoms with E-state index in [0.717, 1.165) is 29.5 Å². The van der Waals surface area contributed by atoms with E-state index in [9.17, 15) is 18.8 Å². The number of carbonyl (C=O) groups is 3. The Kier molecular flexibility index (Phi) is 7.37. The van der Waals surface area contributed by atoms with E-state index in [1.165, 1.54) is 17.0 Å². The summed E-state index contributed by atoms with van der Waals surface area (Å²) in [6.45, 7) is 0.0617. The predicted molar refractivity (Wildman–Crippen MR) is 119 cm³/mol. The Balaban J connectivity index is 1.54. The average Bonchev–Trinajstić information content (AvgIpc) is 3.03. The minimum atomic E-state index is -0.585. The van der Waals surface area contributed by atoms with Crippen molar-refractivity contribution in [3.8, 4) is 5.75 Å². The maximum absolute atomic E-state index is 12.9. The van der Waals surface area contributed by atoms with Gasteiger partial charge in [0.1, 0.15) is 15.9 Å². The maximum Gasteiger partial charge on any atom is 0.269 e. The summed E-state index contributed by atoms with van der Waals surface area (Å²) in [5.74, 6) is -1.23. The van der Waals surface area contributed by atoms with Gasteiger partial charge in [0.25, 0.3) is 11.8 Å². The van der Waals surface area contributed by atoms with E-state index in [2.05, 4.69) is 10.9 Å². The number of hydrogen-bond donors (Lipinski definition) is 2. The first-order chi connectivity index (χ1) is 14.9. The minimum absolute atomic E-state index is 0.0617. The lowest BCUT2D eigenvalue weighted by Crippen LogP contribution is -2.43. The SMILES string of the molecule is COc1ccccc1/C=C1\SC(=S)N(CCC(=O)NNC(=O)c2ccc(F)cc2)C1=O. The number of nitrogens with one attached hydrogen (secondary N) is 2. The fourth-order valence-electron chi connectivity index (χ4n) is 2.70. The number of para-hydroxylation sites is 1. The second kappa shape index (κ2) is 10.2. The second-order valence-corrected chi connectivity index (χ2v) is 8.01. The first kappa shape index (κ1) is 22.4. The van der Waals surface area contributed by atoms with Crippen molar-refractivity contribution in [2.24, 2.45) is 0 Å². The molecule has 0 aromatic heterocycles. The summed E-state index contributed by atoms with van der Waals surface area (Å²) in [5, 5.41) is 0. The van der Waals surface area contributed by atoms with E-state index in [1.807, 2.05) is 18.2 Å². The van der Waals surface area contributed by atoms with E-state index in [0.29, 0.717) is 15.0 Å². The van der Waals surface area contributed by atoms with Crippen LogP contribution >= 0.6 is 24.0 Å². The number of benzene rings is 2. The number of hydrogen-bond acceptors (Lipinski definition) is 6. The Hall–Kier alpha value is -3.24. The third-order valence-corrected chi connectivity index (χ3v) is 5.66. The normalized spacial score (nSPS) is 14.6. The van der Waals surface area contributed by atoms with E-state index in [4.69, 9.17) is 17.0 Å². The van der Waals surface area contributed by atoms with Gasteiger partial charge in [-0.2, -0.15) is 0 Å². The van der Waals surface area contributed by atoms with Crippen LogP contribution in [0.2, 0.25) is 0 Å². The van der Waals surface area contributed by atoms with Crippen molar-refractivity contribution in [1.29, 1.82) is 0 Å². The van der Waals surface area contributed by atoms with Crippen molar-refractivity contribution in [3.63, 3.8) is 0 Å². The van der Waals surface area contributed by atoms with E-state index < -0.39 is 17.6 Å². The summed E-state index contributed by atoms with van der Waals surface area (Å²) in [5.41, 5.74) is 5.44. The minimum Gasteiger partial charge on any atom is -0.496 e. The summed E-state index contributed by atoms with van der Waals surface area (Å²) in [6.07, 6.45) is 1.62. The standard InChI is InChI=1S/C21H18FN3O4S2/c1-29-16-5-3-2-4-14(16)12-17-20(28)25(21(30)31-17)11-10-18(26)23-24-19(27)13-6-8-15(22)9-7-13/h2-9,12H,10-11H2,1H3,(H,23,26)(H,24,27)/b17-12-. The van der Waals surface area contributed by atoms with Crippen molar-refractivity contribution >= 4 is 52.1 Å². The Bertz CT molecular complexity index is 1060. The molecule has 1 saturated heterocycles. The van der Waals surface area contributed by atoms with Crippen LogP contribution in [0.15, 0.2) is 53.4 Å². The van der Waals surface area contributed by atoms with Gasteiger partial charge in [-0.1, -0.05) is 42.2 Å². The molecule has 1 fully saturated rings. The number of nitrogens with zero attached hydrogens (tertiary/aromatic N) is 1. The van der Waals surface area contributed by atoms with Crippen LogP contribution in [0.1, 0.15) is 22.3 Å². The molecule has 31 heavy (non-hydrogen) atoms. The van der Waals surface area contributed by atoms with Crippen molar-refractivity contribution in [3.05, 3.63) is 70.4 Å². The molecule has 0 spiro atoms. The van der Waals surface area contributed by atoms with Gasteiger partial charge in [-0.15, -0.1) is 0 Å². The van der Waals surface area contributed by atoms with Gasteiger partial charge in [-0.05, 0) is 36.4 Å². The van der Waals surface area contributed by atoms with Gasteiger partial charge in [-0.3, -0.25) is 30.1 Å². The molecule has 0 radical (unpaired) electrons. The number of ether oxygens (including phenoxy) is 1. The van der Waals surface area contributed by atoms with Crippen LogP contribution in [0.3, 0.4) is 0 Å². The van der Waals surface area contributed by atoms with E-state index in [-0.39, 0.29) is 24.4 Å². The molecule has 1 aliphatic rings. The molecule has 0 atom stereocenters. The summed E-state index contributed by atoms with van der Waals surface area (Å²) in [4.78, 5) is 38.4. The summed E-state index contributed by atoms with van der Waals surface area (Å²) in [7, 11) is 1.55. The molecule has 0 unspecified atom stereocenters. The molecule has 0 saturated carbocycles. The molecule has 1 aliphatic heterocycles. The lowest BCUT2D eigenvalue weighted by Gasteiger charge is -2.14. The Morgan fingerprint density at radius 3 is 2.58 bits per heavy atom. The number of halogens is 1. The molecular formula is C21H18FN3O4S2. The molecule has 2 N–H and O–H groups in total. The fourth-order valence-corrected chi connectivity index (χ4v) is 3.99. The van der Waals surface area contributed by atoms with Crippen LogP contribution in [0.4, 0.5) is 4.39 Å². The highest BCUT2D eigenvalue weighted by Crippen LogP contribution is 2.34.